The second kappa shape index (κ2) is 10.6. The molecule has 11 heteroatoms. The van der Waals surface area contributed by atoms with E-state index in [1.165, 1.54) is 40.3 Å². The number of sulfonamides is 1. The van der Waals surface area contributed by atoms with Gasteiger partial charge in [0.25, 0.3) is 0 Å². The minimum atomic E-state index is -4.09. The van der Waals surface area contributed by atoms with Crippen LogP contribution in [-0.2, 0) is 31.1 Å². The van der Waals surface area contributed by atoms with Crippen molar-refractivity contribution in [1.29, 1.82) is 0 Å². The highest BCUT2D eigenvalue weighted by molar-refractivity contribution is 7.99. The first-order chi connectivity index (χ1) is 16.7. The molecule has 0 saturated carbocycles. The molecule has 8 nitrogen and oxygen atoms in total. The topological polar surface area (TPSA) is 111 Å². The zero-order valence-electron chi connectivity index (χ0n) is 19.0. The van der Waals surface area contributed by atoms with Gasteiger partial charge in [-0.3, -0.25) is 0 Å². The number of sulfone groups is 1. The third-order valence-electron chi connectivity index (χ3n) is 5.50. The number of esters is 1. The number of hydrogen-bond acceptors (Lipinski definition) is 8. The average Bonchev–Trinajstić information content (AvgIpc) is 3.43. The number of furan rings is 1. The van der Waals surface area contributed by atoms with Gasteiger partial charge in [0, 0.05) is 10.9 Å². The van der Waals surface area contributed by atoms with Gasteiger partial charge in [0.15, 0.2) is 14.9 Å². The molecule has 0 unspecified atom stereocenters. The predicted octanol–water partition coefficient (Wildman–Crippen LogP) is 3.99. The van der Waals surface area contributed by atoms with Gasteiger partial charge in [0.2, 0.25) is 10.0 Å². The van der Waals surface area contributed by atoms with Crippen molar-refractivity contribution in [2.75, 3.05) is 18.1 Å². The van der Waals surface area contributed by atoms with Crippen LogP contribution < -0.4 is 0 Å². The summed E-state index contributed by atoms with van der Waals surface area (Å²) in [6.07, 6.45) is 0.203. The normalized spacial score (nSPS) is 17.5. The van der Waals surface area contributed by atoms with Crippen molar-refractivity contribution in [3.8, 4) is 0 Å². The molecule has 35 heavy (non-hydrogen) atoms. The van der Waals surface area contributed by atoms with E-state index in [2.05, 4.69) is 0 Å². The highest BCUT2D eigenvalue weighted by Gasteiger charge is 2.39. The maximum atomic E-state index is 13.6. The van der Waals surface area contributed by atoms with Crippen LogP contribution in [0.2, 0.25) is 0 Å². The summed E-state index contributed by atoms with van der Waals surface area (Å²) in [6, 6.07) is 17.8. The van der Waals surface area contributed by atoms with Crippen LogP contribution in [0.3, 0.4) is 0 Å². The number of carbonyl (C=O) groups is 1. The average molecular weight is 536 g/mol. The lowest BCUT2D eigenvalue weighted by molar-refractivity contribution is 0.0526. The van der Waals surface area contributed by atoms with Crippen LogP contribution in [0.25, 0.3) is 0 Å². The predicted molar refractivity (Wildman–Crippen MR) is 131 cm³/mol. The maximum absolute atomic E-state index is 13.6. The van der Waals surface area contributed by atoms with E-state index in [9.17, 15) is 21.6 Å². The molecule has 0 bridgehead atoms. The SMILES string of the molecule is CCOC(=O)c1ccc(S(=O)(=O)N(Cc2ccc(Sc3ccccc3)o2)[C@H]2CCS(=O)(=O)C2)cc1. The minimum absolute atomic E-state index is 0.0414. The third-order valence-corrected chi connectivity index (χ3v) is 10.1. The monoisotopic (exact) mass is 535 g/mol. The van der Waals surface area contributed by atoms with Crippen LogP contribution in [0, 0.1) is 0 Å². The summed E-state index contributed by atoms with van der Waals surface area (Å²) in [6.45, 7) is 1.77. The summed E-state index contributed by atoms with van der Waals surface area (Å²) >= 11 is 1.41. The molecule has 2 heterocycles. The molecule has 2 aromatic carbocycles. The van der Waals surface area contributed by atoms with Gasteiger partial charge in [-0.05, 0) is 61.9 Å². The van der Waals surface area contributed by atoms with E-state index in [0.29, 0.717) is 10.9 Å². The van der Waals surface area contributed by atoms with Crippen molar-refractivity contribution in [3.63, 3.8) is 0 Å². The van der Waals surface area contributed by atoms with Gasteiger partial charge in [-0.2, -0.15) is 4.31 Å². The second-order valence-electron chi connectivity index (χ2n) is 7.99. The Hall–Kier alpha value is -2.60. The van der Waals surface area contributed by atoms with Crippen molar-refractivity contribution in [3.05, 3.63) is 78.1 Å². The molecule has 0 aliphatic carbocycles. The van der Waals surface area contributed by atoms with Gasteiger partial charge < -0.3 is 9.15 Å². The van der Waals surface area contributed by atoms with E-state index in [1.54, 1.807) is 19.1 Å². The molecule has 1 atom stereocenters. The van der Waals surface area contributed by atoms with Gasteiger partial charge in [0.1, 0.15) is 5.76 Å². The number of hydrogen-bond donors (Lipinski definition) is 0. The van der Waals surface area contributed by atoms with Crippen molar-refractivity contribution in [2.24, 2.45) is 0 Å². The third kappa shape index (κ3) is 6.16. The van der Waals surface area contributed by atoms with E-state index < -0.39 is 31.9 Å². The molecule has 0 amide bonds. The largest absolute Gasteiger partial charge is 0.462 e. The summed E-state index contributed by atoms with van der Waals surface area (Å²) < 4.78 is 63.5. The number of nitrogens with zero attached hydrogens (tertiary/aromatic N) is 1. The summed E-state index contributed by atoms with van der Waals surface area (Å²) in [5.74, 6) is -0.466. The van der Waals surface area contributed by atoms with Crippen LogP contribution in [0.1, 0.15) is 29.5 Å². The Kier molecular flexibility index (Phi) is 7.70. The fraction of sp³-hybridized carbons (Fsp3) is 0.292. The molecule has 3 aromatic rings. The Morgan fingerprint density at radius 2 is 1.80 bits per heavy atom. The van der Waals surface area contributed by atoms with E-state index in [1.807, 2.05) is 30.3 Å². The quantitative estimate of drug-likeness (QED) is 0.378. The van der Waals surface area contributed by atoms with Gasteiger partial charge in [-0.25, -0.2) is 21.6 Å². The van der Waals surface area contributed by atoms with E-state index in [0.717, 1.165) is 4.90 Å². The lowest BCUT2D eigenvalue weighted by Crippen LogP contribution is -2.40. The summed E-state index contributed by atoms with van der Waals surface area (Å²) in [5, 5.41) is 0.599. The van der Waals surface area contributed by atoms with Gasteiger partial charge >= 0.3 is 5.97 Å². The second-order valence-corrected chi connectivity index (χ2v) is 13.2. The van der Waals surface area contributed by atoms with Crippen molar-refractivity contribution in [2.45, 2.75) is 40.8 Å². The van der Waals surface area contributed by atoms with Crippen molar-refractivity contribution >= 4 is 37.6 Å². The van der Waals surface area contributed by atoms with Crippen LogP contribution in [0.15, 0.2) is 86.0 Å². The molecule has 1 aliphatic heterocycles. The fourth-order valence-electron chi connectivity index (χ4n) is 3.78. The number of benzene rings is 2. The van der Waals surface area contributed by atoms with Crippen molar-refractivity contribution < 1.29 is 30.8 Å². The highest BCUT2D eigenvalue weighted by Crippen LogP contribution is 2.32. The number of ether oxygens (including phenoxy) is 1. The molecule has 1 aliphatic rings. The maximum Gasteiger partial charge on any atom is 0.338 e. The summed E-state index contributed by atoms with van der Waals surface area (Å²) in [5.41, 5.74) is 0.231. The van der Waals surface area contributed by atoms with Gasteiger partial charge in [0.05, 0.1) is 35.1 Å². The Labute approximate surface area is 209 Å². The molecule has 0 radical (unpaired) electrons. The minimum Gasteiger partial charge on any atom is -0.462 e. The standard InChI is InChI=1S/C24H25NO7S3/c1-2-31-24(26)18-8-11-22(12-9-18)35(29,30)25(19-14-15-34(27,28)17-19)16-20-10-13-23(32-20)33-21-6-4-3-5-7-21/h3-13,19H,2,14-17H2,1H3/t19-/m0/s1. The Morgan fingerprint density at radius 1 is 1.09 bits per heavy atom. The fourth-order valence-corrected chi connectivity index (χ4v) is 8.04. The van der Waals surface area contributed by atoms with Crippen LogP contribution in [0.5, 0.6) is 0 Å². The van der Waals surface area contributed by atoms with Gasteiger partial charge in [-0.15, -0.1) is 0 Å². The molecular formula is C24H25NO7S3. The summed E-state index contributed by atoms with van der Waals surface area (Å²) in [7, 11) is -7.42. The summed E-state index contributed by atoms with van der Waals surface area (Å²) in [4.78, 5) is 12.9. The number of carbonyl (C=O) groups excluding carboxylic acids is 1. The van der Waals surface area contributed by atoms with Gasteiger partial charge in [-0.1, -0.05) is 30.0 Å². The molecule has 0 N–H and O–H groups in total. The van der Waals surface area contributed by atoms with Crippen LogP contribution in [0.4, 0.5) is 0 Å². The first kappa shape index (κ1) is 25.5. The number of rotatable bonds is 9. The van der Waals surface area contributed by atoms with E-state index in [4.69, 9.17) is 9.15 Å². The van der Waals surface area contributed by atoms with Crippen molar-refractivity contribution in [1.82, 2.24) is 4.31 Å². The first-order valence-electron chi connectivity index (χ1n) is 11.0. The Bertz CT molecular complexity index is 1380. The van der Waals surface area contributed by atoms with E-state index in [-0.39, 0.29) is 41.5 Å². The lowest BCUT2D eigenvalue weighted by Gasteiger charge is -2.26. The molecule has 1 fully saturated rings. The zero-order chi connectivity index (χ0) is 25.1. The van der Waals surface area contributed by atoms with E-state index >= 15 is 0 Å². The zero-order valence-corrected chi connectivity index (χ0v) is 21.4. The van der Waals surface area contributed by atoms with Crippen LogP contribution >= 0.6 is 11.8 Å². The molecule has 1 saturated heterocycles. The molecule has 4 rings (SSSR count). The smallest absolute Gasteiger partial charge is 0.338 e. The first-order valence-corrected chi connectivity index (χ1v) is 15.1. The highest BCUT2D eigenvalue weighted by atomic mass is 32.2. The molecule has 1 aromatic heterocycles. The Morgan fingerprint density at radius 3 is 2.43 bits per heavy atom. The molecule has 0 spiro atoms. The lowest BCUT2D eigenvalue weighted by atomic mass is 10.2. The Balaban J connectivity index is 1.60. The molecular weight excluding hydrogens is 510 g/mol. The van der Waals surface area contributed by atoms with Crippen LogP contribution in [-0.4, -0.2) is 51.3 Å². The molecule has 186 valence electrons.